The van der Waals surface area contributed by atoms with Gasteiger partial charge in [0.05, 0.1) is 10.4 Å². The van der Waals surface area contributed by atoms with Crippen molar-refractivity contribution in [3.8, 4) is 0 Å². The fourth-order valence-electron chi connectivity index (χ4n) is 1.60. The number of piperidine rings is 1. The molecule has 6 heteroatoms. The maximum absolute atomic E-state index is 10.3. The molecule has 1 saturated heterocycles. The highest BCUT2D eigenvalue weighted by molar-refractivity contribution is 9.10. The van der Waals surface area contributed by atoms with Crippen LogP contribution in [0, 0.1) is 0 Å². The van der Waals surface area contributed by atoms with Crippen LogP contribution in [-0.2, 0) is 5.60 Å². The van der Waals surface area contributed by atoms with Crippen LogP contribution in [0.5, 0.6) is 0 Å². The molecule has 0 aliphatic carbocycles. The monoisotopic (exact) mass is 298 g/mol. The van der Waals surface area contributed by atoms with Crippen molar-refractivity contribution in [2.24, 2.45) is 0 Å². The van der Waals surface area contributed by atoms with Gasteiger partial charge in [0.25, 0.3) is 0 Å². The van der Waals surface area contributed by atoms with Crippen molar-refractivity contribution >= 4 is 39.7 Å². The number of rotatable bonds is 1. The Morgan fingerprint density at radius 2 is 2.14 bits per heavy atom. The number of hydrogen-bond acceptors (Lipinski definition) is 4. The van der Waals surface area contributed by atoms with E-state index in [9.17, 15) is 5.11 Å². The minimum Gasteiger partial charge on any atom is -0.384 e. The highest BCUT2D eigenvalue weighted by Gasteiger charge is 2.34. The molecular weight excluding hydrogens is 288 g/mol. The molecule has 0 atom stereocenters. The van der Waals surface area contributed by atoms with E-state index in [2.05, 4.69) is 26.2 Å². The van der Waals surface area contributed by atoms with Crippen LogP contribution in [0.4, 0.5) is 0 Å². The van der Waals surface area contributed by atoms with Crippen LogP contribution >= 0.6 is 39.7 Å². The normalized spacial score (nSPS) is 20.1. The summed E-state index contributed by atoms with van der Waals surface area (Å²) in [5.41, 5.74) is 1.10. The number of nitrogens with one attached hydrogen (secondary N) is 1. The van der Waals surface area contributed by atoms with Gasteiger partial charge in [-0.3, -0.25) is 0 Å². The van der Waals surface area contributed by atoms with Gasteiger partial charge < -0.3 is 10.4 Å². The summed E-state index contributed by atoms with van der Waals surface area (Å²) in [6.07, 6.45) is 1.54. The third-order valence-corrected chi connectivity index (χ3v) is 4.26. The molecule has 0 unspecified atom stereocenters. The van der Waals surface area contributed by atoms with E-state index in [0.29, 0.717) is 0 Å². The Kier molecular flexibility index (Phi) is 4.33. The number of thiazole rings is 1. The highest BCUT2D eigenvalue weighted by Crippen LogP contribution is 2.37. The van der Waals surface area contributed by atoms with E-state index < -0.39 is 5.60 Å². The molecule has 1 aromatic rings. The van der Waals surface area contributed by atoms with Gasteiger partial charge in [-0.2, -0.15) is 0 Å². The quantitative estimate of drug-likeness (QED) is 0.832. The van der Waals surface area contributed by atoms with E-state index in [1.165, 1.54) is 11.3 Å². The molecule has 2 heterocycles. The van der Waals surface area contributed by atoms with Gasteiger partial charge in [0.15, 0.2) is 0 Å². The molecule has 80 valence electrons. The van der Waals surface area contributed by atoms with Crippen LogP contribution in [-0.4, -0.2) is 23.2 Å². The Hall–Kier alpha value is 0.320. The first-order valence-corrected chi connectivity index (χ1v) is 5.92. The fourth-order valence-corrected chi connectivity index (χ4v) is 3.33. The standard InChI is InChI=1S/C8H11BrN2OS.ClH/c9-7-6(13-5-11-7)8(12)1-3-10-4-2-8;/h5,10,12H,1-4H2;1H. The molecule has 1 fully saturated rings. The second-order valence-corrected chi connectivity index (χ2v) is 4.86. The highest BCUT2D eigenvalue weighted by atomic mass is 79.9. The summed E-state index contributed by atoms with van der Waals surface area (Å²) in [5.74, 6) is 0. The zero-order chi connectivity index (χ0) is 9.31. The average Bonchev–Trinajstić information content (AvgIpc) is 2.53. The Morgan fingerprint density at radius 1 is 1.50 bits per heavy atom. The molecule has 2 rings (SSSR count). The van der Waals surface area contributed by atoms with Crippen LogP contribution in [0.2, 0.25) is 0 Å². The van der Waals surface area contributed by atoms with E-state index in [4.69, 9.17) is 0 Å². The summed E-state index contributed by atoms with van der Waals surface area (Å²) >= 11 is 4.88. The molecule has 0 aromatic carbocycles. The van der Waals surface area contributed by atoms with Gasteiger partial charge in [0, 0.05) is 0 Å². The van der Waals surface area contributed by atoms with Crippen LogP contribution < -0.4 is 5.32 Å². The van der Waals surface area contributed by atoms with E-state index in [1.807, 2.05) is 0 Å². The summed E-state index contributed by atoms with van der Waals surface area (Å²) in [6, 6.07) is 0. The van der Waals surface area contributed by atoms with Crippen molar-refractivity contribution in [3.63, 3.8) is 0 Å². The van der Waals surface area contributed by atoms with E-state index >= 15 is 0 Å². The molecular formula is C8H12BrClN2OS. The molecule has 2 N–H and O–H groups in total. The lowest BCUT2D eigenvalue weighted by Gasteiger charge is -2.31. The lowest BCUT2D eigenvalue weighted by Crippen LogP contribution is -2.39. The third kappa shape index (κ3) is 2.28. The first-order chi connectivity index (χ1) is 6.22. The molecule has 0 amide bonds. The topological polar surface area (TPSA) is 45.2 Å². The Labute approximate surface area is 101 Å². The average molecular weight is 300 g/mol. The Morgan fingerprint density at radius 3 is 2.64 bits per heavy atom. The molecule has 1 aromatic heterocycles. The zero-order valence-electron chi connectivity index (χ0n) is 7.49. The van der Waals surface area contributed by atoms with Crippen LogP contribution in [0.25, 0.3) is 0 Å². The molecule has 0 saturated carbocycles. The van der Waals surface area contributed by atoms with Gasteiger partial charge in [-0.05, 0) is 41.9 Å². The van der Waals surface area contributed by atoms with Gasteiger partial charge >= 0.3 is 0 Å². The van der Waals surface area contributed by atoms with Gasteiger partial charge in [-0.25, -0.2) is 4.98 Å². The van der Waals surface area contributed by atoms with E-state index in [0.717, 1.165) is 35.4 Å². The van der Waals surface area contributed by atoms with Crippen molar-refractivity contribution < 1.29 is 5.11 Å². The lowest BCUT2D eigenvalue weighted by atomic mass is 9.91. The molecule has 14 heavy (non-hydrogen) atoms. The minimum absolute atomic E-state index is 0. The van der Waals surface area contributed by atoms with Gasteiger partial charge in [-0.1, -0.05) is 0 Å². The van der Waals surface area contributed by atoms with Crippen molar-refractivity contribution in [2.45, 2.75) is 18.4 Å². The molecule has 3 nitrogen and oxygen atoms in total. The molecule has 1 aliphatic heterocycles. The molecule has 1 aliphatic rings. The van der Waals surface area contributed by atoms with Gasteiger partial charge in [0.2, 0.25) is 0 Å². The van der Waals surface area contributed by atoms with Crippen molar-refractivity contribution in [3.05, 3.63) is 15.0 Å². The minimum atomic E-state index is -0.661. The fraction of sp³-hybridized carbons (Fsp3) is 0.625. The Bertz CT molecular complexity index is 301. The second-order valence-electron chi connectivity index (χ2n) is 3.25. The molecule has 0 radical (unpaired) electrons. The van der Waals surface area contributed by atoms with Crippen LogP contribution in [0.15, 0.2) is 10.1 Å². The third-order valence-electron chi connectivity index (χ3n) is 2.38. The predicted octanol–water partition coefficient (Wildman–Crippen LogP) is 1.90. The lowest BCUT2D eigenvalue weighted by molar-refractivity contribution is 0.00860. The predicted molar refractivity (Wildman–Crippen MR) is 63.1 cm³/mol. The first kappa shape index (κ1) is 12.4. The smallest absolute Gasteiger partial charge is 0.123 e. The Balaban J connectivity index is 0.000000980. The summed E-state index contributed by atoms with van der Waals surface area (Å²) in [4.78, 5) is 5.06. The first-order valence-electron chi connectivity index (χ1n) is 4.25. The number of aromatic nitrogens is 1. The number of aliphatic hydroxyl groups is 1. The maximum Gasteiger partial charge on any atom is 0.123 e. The van der Waals surface area contributed by atoms with Crippen LogP contribution in [0.1, 0.15) is 17.7 Å². The number of halogens is 2. The van der Waals surface area contributed by atoms with Crippen molar-refractivity contribution in [1.29, 1.82) is 0 Å². The summed E-state index contributed by atoms with van der Waals surface area (Å²) < 4.78 is 0.793. The van der Waals surface area contributed by atoms with Crippen molar-refractivity contribution in [1.82, 2.24) is 10.3 Å². The zero-order valence-corrected chi connectivity index (χ0v) is 10.7. The van der Waals surface area contributed by atoms with Gasteiger partial charge in [-0.15, -0.1) is 23.7 Å². The van der Waals surface area contributed by atoms with E-state index in [1.54, 1.807) is 5.51 Å². The maximum atomic E-state index is 10.3. The largest absolute Gasteiger partial charge is 0.384 e. The van der Waals surface area contributed by atoms with E-state index in [-0.39, 0.29) is 12.4 Å². The summed E-state index contributed by atoms with van der Waals surface area (Å²) in [6.45, 7) is 1.75. The summed E-state index contributed by atoms with van der Waals surface area (Å²) in [5, 5.41) is 13.5. The summed E-state index contributed by atoms with van der Waals surface area (Å²) in [7, 11) is 0. The molecule has 0 bridgehead atoms. The van der Waals surface area contributed by atoms with Crippen LogP contribution in [0.3, 0.4) is 0 Å². The second kappa shape index (κ2) is 4.90. The number of hydrogen-bond donors (Lipinski definition) is 2. The number of nitrogens with zero attached hydrogens (tertiary/aromatic N) is 1. The molecule has 0 spiro atoms. The van der Waals surface area contributed by atoms with Gasteiger partial charge in [0.1, 0.15) is 10.2 Å². The SMILES string of the molecule is Cl.OC1(c2scnc2Br)CCNCC1. The van der Waals surface area contributed by atoms with Crippen molar-refractivity contribution in [2.75, 3.05) is 13.1 Å².